The Balaban J connectivity index is 1.65. The van der Waals surface area contributed by atoms with Gasteiger partial charge in [-0.25, -0.2) is 0 Å². The van der Waals surface area contributed by atoms with Crippen molar-refractivity contribution in [3.05, 3.63) is 58.8 Å². The molecule has 0 spiro atoms. The average molecular weight is 391 g/mol. The maximum atomic E-state index is 13.0. The van der Waals surface area contributed by atoms with Crippen molar-refractivity contribution >= 4 is 11.6 Å². The maximum absolute atomic E-state index is 13.0. The number of hydrogen-bond acceptors (Lipinski definition) is 4. The number of anilines is 1. The largest absolute Gasteiger partial charge is 0.493 e. The lowest BCUT2D eigenvalue weighted by molar-refractivity contribution is 0.102. The molecular formula is C23H25N3O3. The molecule has 0 fully saturated rings. The van der Waals surface area contributed by atoms with Crippen LogP contribution >= 0.6 is 0 Å². The number of amides is 1. The Morgan fingerprint density at radius 1 is 1.10 bits per heavy atom. The van der Waals surface area contributed by atoms with Crippen molar-refractivity contribution < 1.29 is 14.3 Å². The average Bonchev–Trinajstić information content (AvgIpc) is 3.24. The van der Waals surface area contributed by atoms with Gasteiger partial charge in [-0.3, -0.25) is 9.48 Å². The number of aryl methyl sites for hydroxylation is 1. The minimum atomic E-state index is -0.203. The Morgan fingerprint density at radius 2 is 1.76 bits per heavy atom. The summed E-state index contributed by atoms with van der Waals surface area (Å²) in [5.41, 5.74) is 6.44. The van der Waals surface area contributed by atoms with Crippen LogP contribution in [0.15, 0.2) is 36.4 Å². The first-order chi connectivity index (χ1) is 13.9. The van der Waals surface area contributed by atoms with E-state index in [1.165, 1.54) is 5.56 Å². The van der Waals surface area contributed by atoms with Gasteiger partial charge in [-0.2, -0.15) is 5.10 Å². The highest BCUT2D eigenvalue weighted by atomic mass is 16.5. The van der Waals surface area contributed by atoms with E-state index in [0.717, 1.165) is 28.1 Å². The van der Waals surface area contributed by atoms with E-state index in [9.17, 15) is 4.79 Å². The monoisotopic (exact) mass is 391 g/mol. The summed E-state index contributed by atoms with van der Waals surface area (Å²) in [7, 11) is 5.10. The Bertz CT molecular complexity index is 1080. The van der Waals surface area contributed by atoms with Crippen molar-refractivity contribution in [1.29, 1.82) is 0 Å². The molecule has 2 aromatic carbocycles. The van der Waals surface area contributed by atoms with Gasteiger partial charge in [0.15, 0.2) is 17.2 Å². The second-order valence-electron chi connectivity index (χ2n) is 7.57. The third-order valence-electron chi connectivity index (χ3n) is 5.43. The third-order valence-corrected chi connectivity index (χ3v) is 5.43. The molecule has 0 saturated heterocycles. The summed E-state index contributed by atoms with van der Waals surface area (Å²) in [5, 5.41) is 7.48. The SMILES string of the molecule is COc1cc2c(cc1OC)-c1c(c(C(=O)Nc3ccc(C(C)C)cc3)nn1C)C2. The van der Waals surface area contributed by atoms with Crippen LogP contribution in [0.1, 0.15) is 46.9 Å². The topological polar surface area (TPSA) is 65.4 Å². The first-order valence-corrected chi connectivity index (χ1v) is 9.65. The van der Waals surface area contributed by atoms with Crippen molar-refractivity contribution in [2.75, 3.05) is 19.5 Å². The van der Waals surface area contributed by atoms with Gasteiger partial charge in [0.05, 0.1) is 19.9 Å². The van der Waals surface area contributed by atoms with E-state index in [4.69, 9.17) is 9.47 Å². The minimum Gasteiger partial charge on any atom is -0.493 e. The molecule has 0 atom stereocenters. The van der Waals surface area contributed by atoms with Gasteiger partial charge in [0.2, 0.25) is 0 Å². The molecule has 1 aromatic heterocycles. The van der Waals surface area contributed by atoms with Crippen LogP contribution in [0.3, 0.4) is 0 Å². The van der Waals surface area contributed by atoms with Gasteiger partial charge in [0.25, 0.3) is 5.91 Å². The number of carbonyl (C=O) groups is 1. The molecule has 0 radical (unpaired) electrons. The van der Waals surface area contributed by atoms with Crippen LogP contribution in [0.25, 0.3) is 11.3 Å². The maximum Gasteiger partial charge on any atom is 0.276 e. The van der Waals surface area contributed by atoms with E-state index in [1.54, 1.807) is 18.9 Å². The third kappa shape index (κ3) is 3.24. The standard InChI is InChI=1S/C23H25N3O3/c1-13(2)14-6-8-16(9-7-14)24-23(27)21-18-10-15-11-19(28-4)20(29-5)12-17(15)22(18)26(3)25-21/h6-9,11-13H,10H2,1-5H3,(H,24,27). The van der Waals surface area contributed by atoms with Crippen LogP contribution in [-0.4, -0.2) is 29.9 Å². The number of ether oxygens (including phenoxy) is 2. The van der Waals surface area contributed by atoms with Crippen LogP contribution in [0.4, 0.5) is 5.69 Å². The van der Waals surface area contributed by atoms with Crippen molar-refractivity contribution in [1.82, 2.24) is 9.78 Å². The summed E-state index contributed by atoms with van der Waals surface area (Å²) in [6.07, 6.45) is 0.633. The molecule has 1 amide bonds. The van der Waals surface area contributed by atoms with Crippen LogP contribution < -0.4 is 14.8 Å². The number of nitrogens with zero attached hydrogens (tertiary/aromatic N) is 2. The quantitative estimate of drug-likeness (QED) is 0.548. The van der Waals surface area contributed by atoms with Crippen molar-refractivity contribution in [3.63, 3.8) is 0 Å². The van der Waals surface area contributed by atoms with Gasteiger partial charge in [-0.15, -0.1) is 0 Å². The summed E-state index contributed by atoms with van der Waals surface area (Å²) < 4.78 is 12.6. The second kappa shape index (κ2) is 7.28. The fourth-order valence-electron chi connectivity index (χ4n) is 3.87. The van der Waals surface area contributed by atoms with Crippen LogP contribution in [0, 0.1) is 0 Å². The molecule has 1 heterocycles. The van der Waals surface area contributed by atoms with Crippen molar-refractivity contribution in [2.24, 2.45) is 7.05 Å². The molecule has 1 aliphatic carbocycles. The number of methoxy groups -OCH3 is 2. The molecule has 0 aliphatic heterocycles. The Kier molecular flexibility index (Phi) is 4.78. The summed E-state index contributed by atoms with van der Waals surface area (Å²) in [6.45, 7) is 4.29. The minimum absolute atomic E-state index is 0.203. The van der Waals surface area contributed by atoms with Gasteiger partial charge in [0, 0.05) is 30.3 Å². The van der Waals surface area contributed by atoms with E-state index in [-0.39, 0.29) is 5.91 Å². The number of hydrogen-bond donors (Lipinski definition) is 1. The smallest absolute Gasteiger partial charge is 0.276 e. The van der Waals surface area contributed by atoms with E-state index in [2.05, 4.69) is 24.3 Å². The predicted octanol–water partition coefficient (Wildman–Crippen LogP) is 4.38. The molecule has 1 N–H and O–H groups in total. The number of rotatable bonds is 5. The molecule has 0 unspecified atom stereocenters. The Morgan fingerprint density at radius 3 is 2.38 bits per heavy atom. The lowest BCUT2D eigenvalue weighted by Gasteiger charge is -2.11. The summed E-state index contributed by atoms with van der Waals surface area (Å²) in [4.78, 5) is 13.0. The molecule has 1 aliphatic rings. The fourth-order valence-corrected chi connectivity index (χ4v) is 3.87. The fraction of sp³-hybridized carbons (Fsp3) is 0.304. The molecule has 0 bridgehead atoms. The highest BCUT2D eigenvalue weighted by Crippen LogP contribution is 2.43. The van der Waals surface area contributed by atoms with Crippen LogP contribution in [-0.2, 0) is 13.5 Å². The van der Waals surface area contributed by atoms with Gasteiger partial charge in [-0.1, -0.05) is 26.0 Å². The molecule has 3 aromatic rings. The number of benzene rings is 2. The zero-order chi connectivity index (χ0) is 20.7. The molecule has 6 nitrogen and oxygen atoms in total. The van der Waals surface area contributed by atoms with Crippen LogP contribution in [0.5, 0.6) is 11.5 Å². The molecule has 4 rings (SSSR count). The highest BCUT2D eigenvalue weighted by Gasteiger charge is 2.31. The first kappa shape index (κ1) is 19.1. The zero-order valence-corrected chi connectivity index (χ0v) is 17.4. The molecule has 29 heavy (non-hydrogen) atoms. The molecule has 6 heteroatoms. The Hall–Kier alpha value is -3.28. The molecule has 0 saturated carbocycles. The Labute approximate surface area is 170 Å². The second-order valence-corrected chi connectivity index (χ2v) is 7.57. The molecular weight excluding hydrogens is 366 g/mol. The number of fused-ring (bicyclic) bond motifs is 3. The van der Waals surface area contributed by atoms with Gasteiger partial charge < -0.3 is 14.8 Å². The first-order valence-electron chi connectivity index (χ1n) is 9.65. The highest BCUT2D eigenvalue weighted by molar-refractivity contribution is 6.05. The normalized spacial score (nSPS) is 11.9. The number of aromatic nitrogens is 2. The van der Waals surface area contributed by atoms with Gasteiger partial charge in [-0.05, 0) is 41.3 Å². The predicted molar refractivity (Wildman–Crippen MR) is 113 cm³/mol. The molecule has 150 valence electrons. The van der Waals surface area contributed by atoms with E-state index in [0.29, 0.717) is 29.5 Å². The zero-order valence-electron chi connectivity index (χ0n) is 17.4. The lowest BCUT2D eigenvalue weighted by atomic mass is 10.0. The lowest BCUT2D eigenvalue weighted by Crippen LogP contribution is -2.15. The van der Waals surface area contributed by atoms with E-state index < -0.39 is 0 Å². The van der Waals surface area contributed by atoms with Gasteiger partial charge >= 0.3 is 0 Å². The summed E-state index contributed by atoms with van der Waals surface area (Å²) >= 11 is 0. The van der Waals surface area contributed by atoms with Crippen molar-refractivity contribution in [3.8, 4) is 22.8 Å². The number of carbonyl (C=O) groups excluding carboxylic acids is 1. The summed E-state index contributed by atoms with van der Waals surface area (Å²) in [6, 6.07) is 11.9. The van der Waals surface area contributed by atoms with Crippen molar-refractivity contribution in [2.45, 2.75) is 26.2 Å². The summed E-state index contributed by atoms with van der Waals surface area (Å²) in [5.74, 6) is 1.59. The van der Waals surface area contributed by atoms with E-state index in [1.807, 2.05) is 43.4 Å². The van der Waals surface area contributed by atoms with Gasteiger partial charge in [0.1, 0.15) is 0 Å². The van der Waals surface area contributed by atoms with E-state index >= 15 is 0 Å². The number of nitrogens with one attached hydrogen (secondary N) is 1. The van der Waals surface area contributed by atoms with Crippen LogP contribution in [0.2, 0.25) is 0 Å².